The minimum absolute atomic E-state index is 0.0454. The van der Waals surface area contributed by atoms with Gasteiger partial charge in [-0.1, -0.05) is 20.8 Å². The number of rotatable bonds is 2. The molecule has 2 heterocycles. The molecule has 1 aromatic rings. The molecule has 5 heteroatoms. The van der Waals surface area contributed by atoms with Crippen molar-refractivity contribution < 1.29 is 9.53 Å². The Morgan fingerprint density at radius 2 is 1.95 bits per heavy atom. The first-order chi connectivity index (χ1) is 9.82. The van der Waals surface area contributed by atoms with Gasteiger partial charge in [-0.25, -0.2) is 9.97 Å². The molecule has 0 spiro atoms. The molecular formula is C16H23N3O2. The second kappa shape index (κ2) is 4.68. The maximum absolute atomic E-state index is 12.7. The molecular weight excluding hydrogens is 266 g/mol. The van der Waals surface area contributed by atoms with Crippen LogP contribution < -0.4 is 4.74 Å². The lowest BCUT2D eigenvalue weighted by atomic mass is 9.65. The fourth-order valence-corrected chi connectivity index (χ4v) is 4.40. The Kier molecular flexibility index (Phi) is 3.19. The number of ether oxygens (including phenoxy) is 1. The maximum Gasteiger partial charge on any atom is 0.316 e. The second-order valence-corrected chi connectivity index (χ2v) is 7.61. The molecule has 21 heavy (non-hydrogen) atoms. The van der Waals surface area contributed by atoms with Crippen molar-refractivity contribution in [3.05, 3.63) is 18.0 Å². The Balaban J connectivity index is 1.82. The van der Waals surface area contributed by atoms with Gasteiger partial charge in [0.1, 0.15) is 0 Å². The van der Waals surface area contributed by atoms with Gasteiger partial charge in [-0.3, -0.25) is 4.79 Å². The maximum atomic E-state index is 12.7. The number of aromatic nitrogens is 2. The summed E-state index contributed by atoms with van der Waals surface area (Å²) in [7, 11) is 1.52. The van der Waals surface area contributed by atoms with E-state index < -0.39 is 0 Å². The average Bonchev–Trinajstić information content (AvgIpc) is 2.67. The van der Waals surface area contributed by atoms with Crippen molar-refractivity contribution in [2.45, 2.75) is 46.1 Å². The first-order valence-corrected chi connectivity index (χ1v) is 7.49. The number of fused-ring (bicyclic) bond motifs is 2. The number of likely N-dealkylation sites (tertiary alicyclic amines) is 1. The zero-order valence-electron chi connectivity index (χ0n) is 13.2. The fourth-order valence-electron chi connectivity index (χ4n) is 4.40. The normalized spacial score (nSPS) is 30.3. The summed E-state index contributed by atoms with van der Waals surface area (Å²) in [5.74, 6) is 0.0454. The van der Waals surface area contributed by atoms with Gasteiger partial charge in [0.05, 0.1) is 12.7 Å². The van der Waals surface area contributed by atoms with Crippen LogP contribution in [-0.2, 0) is 0 Å². The third-order valence-electron chi connectivity index (χ3n) is 4.73. The molecule has 1 aromatic heterocycles. The van der Waals surface area contributed by atoms with Crippen LogP contribution in [0.5, 0.6) is 6.01 Å². The summed E-state index contributed by atoms with van der Waals surface area (Å²) in [5, 5.41) is 0. The summed E-state index contributed by atoms with van der Waals surface area (Å²) < 4.78 is 4.94. The van der Waals surface area contributed by atoms with Crippen molar-refractivity contribution in [1.29, 1.82) is 0 Å². The van der Waals surface area contributed by atoms with Crippen molar-refractivity contribution in [3.63, 3.8) is 0 Å². The van der Waals surface area contributed by atoms with Crippen molar-refractivity contribution in [2.75, 3.05) is 13.7 Å². The number of amides is 1. The zero-order valence-corrected chi connectivity index (χ0v) is 13.2. The van der Waals surface area contributed by atoms with E-state index in [9.17, 15) is 4.79 Å². The van der Waals surface area contributed by atoms with Gasteiger partial charge in [0.15, 0.2) is 0 Å². The standard InChI is InChI=1S/C16H23N3O2/c1-15(2)5-12-6-16(3,9-15)10-19(12)13(20)11-7-17-14(21-4)18-8-11/h7-8,12H,5-6,9-10H2,1-4H3/t12-,16-/m1/s1. The highest BCUT2D eigenvalue weighted by atomic mass is 16.5. The summed E-state index contributed by atoms with van der Waals surface area (Å²) >= 11 is 0. The molecule has 2 aliphatic rings. The van der Waals surface area contributed by atoms with Crippen LogP contribution in [0.2, 0.25) is 0 Å². The highest BCUT2D eigenvalue weighted by Gasteiger charge is 2.51. The lowest BCUT2D eigenvalue weighted by molar-refractivity contribution is 0.0707. The van der Waals surface area contributed by atoms with E-state index in [1.807, 2.05) is 4.90 Å². The predicted octanol–water partition coefficient (Wildman–Crippen LogP) is 2.53. The van der Waals surface area contributed by atoms with Crippen LogP contribution in [0.4, 0.5) is 0 Å². The van der Waals surface area contributed by atoms with Crippen LogP contribution in [0.15, 0.2) is 12.4 Å². The first-order valence-electron chi connectivity index (χ1n) is 7.49. The van der Waals surface area contributed by atoms with Crippen LogP contribution in [-0.4, -0.2) is 40.5 Å². The molecule has 2 fully saturated rings. The van der Waals surface area contributed by atoms with Crippen molar-refractivity contribution in [1.82, 2.24) is 14.9 Å². The predicted molar refractivity (Wildman–Crippen MR) is 79.1 cm³/mol. The summed E-state index contributed by atoms with van der Waals surface area (Å²) in [6.45, 7) is 7.76. The topological polar surface area (TPSA) is 55.3 Å². The number of carbonyl (C=O) groups is 1. The summed E-state index contributed by atoms with van der Waals surface area (Å²) in [6.07, 6.45) is 6.48. The third kappa shape index (κ3) is 2.61. The summed E-state index contributed by atoms with van der Waals surface area (Å²) in [5.41, 5.74) is 1.10. The minimum Gasteiger partial charge on any atom is -0.467 e. The quantitative estimate of drug-likeness (QED) is 0.839. The van der Waals surface area contributed by atoms with Gasteiger partial charge >= 0.3 is 6.01 Å². The Bertz CT molecular complexity index is 555. The summed E-state index contributed by atoms with van der Waals surface area (Å²) in [4.78, 5) is 22.9. The van der Waals surface area contributed by atoms with Gasteiger partial charge < -0.3 is 9.64 Å². The Labute approximate surface area is 125 Å². The molecule has 1 amide bonds. The second-order valence-electron chi connectivity index (χ2n) is 7.61. The lowest BCUT2D eigenvalue weighted by Crippen LogP contribution is -2.37. The molecule has 3 rings (SSSR count). The molecule has 1 saturated heterocycles. The van der Waals surface area contributed by atoms with E-state index in [0.717, 1.165) is 19.4 Å². The van der Waals surface area contributed by atoms with E-state index in [2.05, 4.69) is 30.7 Å². The van der Waals surface area contributed by atoms with Gasteiger partial charge in [0.25, 0.3) is 5.91 Å². The number of carbonyl (C=O) groups excluding carboxylic acids is 1. The van der Waals surface area contributed by atoms with E-state index in [1.54, 1.807) is 12.4 Å². The molecule has 5 nitrogen and oxygen atoms in total. The van der Waals surface area contributed by atoms with Crippen LogP contribution in [0.25, 0.3) is 0 Å². The fraction of sp³-hybridized carbons (Fsp3) is 0.688. The molecule has 114 valence electrons. The molecule has 2 bridgehead atoms. The summed E-state index contributed by atoms with van der Waals surface area (Å²) in [6, 6.07) is 0.633. The van der Waals surface area contributed by atoms with Gasteiger partial charge in [-0.15, -0.1) is 0 Å². The van der Waals surface area contributed by atoms with Crippen molar-refractivity contribution in [2.24, 2.45) is 10.8 Å². The SMILES string of the molecule is COc1ncc(C(=O)N2C[C@]3(C)C[C@H]2CC(C)(C)C3)cn1. The van der Waals surface area contributed by atoms with Gasteiger partial charge in [-0.05, 0) is 30.1 Å². The van der Waals surface area contributed by atoms with Crippen LogP contribution in [0.1, 0.15) is 50.4 Å². The number of nitrogens with zero attached hydrogens (tertiary/aromatic N) is 3. The molecule has 0 aromatic carbocycles. The highest BCUT2D eigenvalue weighted by Crippen LogP contribution is 2.52. The monoisotopic (exact) mass is 289 g/mol. The van der Waals surface area contributed by atoms with Crippen LogP contribution in [0.3, 0.4) is 0 Å². The molecule has 0 unspecified atom stereocenters. The minimum atomic E-state index is 0.0454. The molecule has 1 aliphatic carbocycles. The molecule has 1 aliphatic heterocycles. The number of hydrogen-bond donors (Lipinski definition) is 0. The van der Waals surface area contributed by atoms with E-state index >= 15 is 0 Å². The zero-order chi connectivity index (χ0) is 15.3. The Hall–Kier alpha value is -1.65. The Morgan fingerprint density at radius 1 is 1.29 bits per heavy atom. The number of hydrogen-bond acceptors (Lipinski definition) is 4. The van der Waals surface area contributed by atoms with Crippen molar-refractivity contribution in [3.8, 4) is 6.01 Å². The molecule has 2 atom stereocenters. The average molecular weight is 289 g/mol. The third-order valence-corrected chi connectivity index (χ3v) is 4.73. The van der Waals surface area contributed by atoms with E-state index in [-0.39, 0.29) is 11.3 Å². The van der Waals surface area contributed by atoms with Gasteiger partial charge in [0.2, 0.25) is 0 Å². The van der Waals surface area contributed by atoms with E-state index in [1.165, 1.54) is 13.5 Å². The number of methoxy groups -OCH3 is 1. The molecule has 0 N–H and O–H groups in total. The van der Waals surface area contributed by atoms with Gasteiger partial charge in [-0.2, -0.15) is 0 Å². The van der Waals surface area contributed by atoms with Crippen LogP contribution >= 0.6 is 0 Å². The van der Waals surface area contributed by atoms with E-state index in [0.29, 0.717) is 23.0 Å². The molecule has 1 saturated carbocycles. The van der Waals surface area contributed by atoms with Gasteiger partial charge in [0, 0.05) is 25.0 Å². The van der Waals surface area contributed by atoms with Crippen molar-refractivity contribution >= 4 is 5.91 Å². The Morgan fingerprint density at radius 3 is 2.57 bits per heavy atom. The first kappa shape index (κ1) is 14.3. The largest absolute Gasteiger partial charge is 0.467 e. The lowest BCUT2D eigenvalue weighted by Gasteiger charge is -2.39. The van der Waals surface area contributed by atoms with Crippen LogP contribution in [0, 0.1) is 10.8 Å². The van der Waals surface area contributed by atoms with E-state index in [4.69, 9.17) is 4.74 Å². The molecule has 0 radical (unpaired) electrons. The highest BCUT2D eigenvalue weighted by molar-refractivity contribution is 5.94. The smallest absolute Gasteiger partial charge is 0.316 e.